The van der Waals surface area contributed by atoms with E-state index in [-0.39, 0.29) is 5.54 Å². The van der Waals surface area contributed by atoms with Gasteiger partial charge in [-0.25, -0.2) is 0 Å². The van der Waals surface area contributed by atoms with E-state index in [1.807, 2.05) is 19.1 Å². The molecule has 2 unspecified atom stereocenters. The Kier molecular flexibility index (Phi) is 4.66. The van der Waals surface area contributed by atoms with Crippen LogP contribution in [0.25, 0.3) is 0 Å². The SMILES string of the molecule is COC1CCCC(CN)(N(C)Cc2ccc(C)o2)C1. The minimum Gasteiger partial charge on any atom is -0.465 e. The smallest absolute Gasteiger partial charge is 0.118 e. The maximum absolute atomic E-state index is 6.09. The number of ether oxygens (including phenoxy) is 1. The number of methoxy groups -OCH3 is 1. The van der Waals surface area contributed by atoms with Crippen molar-refractivity contribution in [3.63, 3.8) is 0 Å². The Labute approximate surface area is 115 Å². The first-order valence-corrected chi connectivity index (χ1v) is 7.09. The molecule has 1 aliphatic rings. The van der Waals surface area contributed by atoms with Crippen molar-refractivity contribution in [2.45, 2.75) is 50.8 Å². The lowest BCUT2D eigenvalue weighted by Gasteiger charge is -2.46. The summed E-state index contributed by atoms with van der Waals surface area (Å²) in [5.74, 6) is 1.97. The normalized spacial score (nSPS) is 27.9. The van der Waals surface area contributed by atoms with E-state index < -0.39 is 0 Å². The van der Waals surface area contributed by atoms with E-state index in [1.165, 1.54) is 6.42 Å². The van der Waals surface area contributed by atoms with Gasteiger partial charge in [-0.2, -0.15) is 0 Å². The van der Waals surface area contributed by atoms with Gasteiger partial charge in [0.15, 0.2) is 0 Å². The van der Waals surface area contributed by atoms with Gasteiger partial charge in [-0.15, -0.1) is 0 Å². The van der Waals surface area contributed by atoms with Crippen LogP contribution in [-0.4, -0.2) is 37.2 Å². The average molecular weight is 266 g/mol. The van der Waals surface area contributed by atoms with Crippen LogP contribution in [0.1, 0.15) is 37.2 Å². The molecule has 0 bridgehead atoms. The van der Waals surface area contributed by atoms with Gasteiger partial charge in [0.05, 0.1) is 12.6 Å². The topological polar surface area (TPSA) is 51.6 Å². The molecule has 0 amide bonds. The van der Waals surface area contributed by atoms with Crippen LogP contribution >= 0.6 is 0 Å². The number of nitrogens with two attached hydrogens (primary N) is 1. The van der Waals surface area contributed by atoms with Gasteiger partial charge in [-0.05, 0) is 51.8 Å². The van der Waals surface area contributed by atoms with E-state index in [0.717, 1.165) is 37.3 Å². The highest BCUT2D eigenvalue weighted by atomic mass is 16.5. The molecule has 1 heterocycles. The van der Waals surface area contributed by atoms with Crippen molar-refractivity contribution in [3.05, 3.63) is 23.7 Å². The van der Waals surface area contributed by atoms with Crippen LogP contribution in [0.3, 0.4) is 0 Å². The molecule has 1 saturated carbocycles. The van der Waals surface area contributed by atoms with Crippen LogP contribution in [0.15, 0.2) is 16.5 Å². The van der Waals surface area contributed by atoms with Gasteiger partial charge in [0, 0.05) is 19.2 Å². The lowest BCUT2D eigenvalue weighted by atomic mass is 9.79. The van der Waals surface area contributed by atoms with Gasteiger partial charge in [-0.1, -0.05) is 0 Å². The Morgan fingerprint density at radius 1 is 1.53 bits per heavy atom. The van der Waals surface area contributed by atoms with E-state index in [9.17, 15) is 0 Å². The molecule has 2 rings (SSSR count). The fourth-order valence-electron chi connectivity index (χ4n) is 3.15. The van der Waals surface area contributed by atoms with Gasteiger partial charge < -0.3 is 14.9 Å². The number of aryl methyl sites for hydroxylation is 1. The number of likely N-dealkylation sites (N-methyl/N-ethyl adjacent to an activating group) is 1. The molecule has 4 nitrogen and oxygen atoms in total. The van der Waals surface area contributed by atoms with Gasteiger partial charge in [-0.3, -0.25) is 4.90 Å². The van der Waals surface area contributed by atoms with Crippen LogP contribution in [0, 0.1) is 6.92 Å². The van der Waals surface area contributed by atoms with Gasteiger partial charge in [0.25, 0.3) is 0 Å². The Morgan fingerprint density at radius 2 is 2.32 bits per heavy atom. The molecule has 0 aliphatic heterocycles. The number of hydrogen-bond acceptors (Lipinski definition) is 4. The highest BCUT2D eigenvalue weighted by molar-refractivity contribution is 5.07. The van der Waals surface area contributed by atoms with Crippen molar-refractivity contribution in [1.29, 1.82) is 0 Å². The fourth-order valence-corrected chi connectivity index (χ4v) is 3.15. The molecule has 4 heteroatoms. The standard InChI is InChI=1S/C15H26N2O2/c1-12-6-7-14(19-12)10-17(2)15(11-16)8-4-5-13(9-15)18-3/h6-7,13H,4-5,8-11,16H2,1-3H3. The molecule has 108 valence electrons. The van der Waals surface area contributed by atoms with Crippen molar-refractivity contribution < 1.29 is 9.15 Å². The predicted molar refractivity (Wildman–Crippen MR) is 76.0 cm³/mol. The molecule has 1 aromatic heterocycles. The minimum absolute atomic E-state index is 0.0413. The summed E-state index contributed by atoms with van der Waals surface area (Å²) in [7, 11) is 3.94. The van der Waals surface area contributed by atoms with Crippen LogP contribution in [0.2, 0.25) is 0 Å². The first kappa shape index (κ1) is 14.6. The molecule has 2 atom stereocenters. The summed E-state index contributed by atoms with van der Waals surface area (Å²) in [6, 6.07) is 4.06. The second kappa shape index (κ2) is 6.07. The van der Waals surface area contributed by atoms with E-state index >= 15 is 0 Å². The highest BCUT2D eigenvalue weighted by Gasteiger charge is 2.39. The third-order valence-electron chi connectivity index (χ3n) is 4.49. The minimum atomic E-state index is 0.0413. The number of nitrogens with zero attached hydrogens (tertiary/aromatic N) is 1. The molecule has 1 fully saturated rings. The van der Waals surface area contributed by atoms with Crippen molar-refractivity contribution in [2.75, 3.05) is 20.7 Å². The van der Waals surface area contributed by atoms with Crippen molar-refractivity contribution in [2.24, 2.45) is 5.73 Å². The summed E-state index contributed by atoms with van der Waals surface area (Å²) in [5.41, 5.74) is 6.13. The summed E-state index contributed by atoms with van der Waals surface area (Å²) in [6.07, 6.45) is 4.80. The highest BCUT2D eigenvalue weighted by Crippen LogP contribution is 2.34. The van der Waals surface area contributed by atoms with Crippen LogP contribution in [0.4, 0.5) is 0 Å². The van der Waals surface area contributed by atoms with Crippen molar-refractivity contribution >= 4 is 0 Å². The molecule has 1 aromatic rings. The van der Waals surface area contributed by atoms with E-state index in [0.29, 0.717) is 12.6 Å². The van der Waals surface area contributed by atoms with Crippen LogP contribution in [-0.2, 0) is 11.3 Å². The quantitative estimate of drug-likeness (QED) is 0.888. The number of hydrogen-bond donors (Lipinski definition) is 1. The van der Waals surface area contributed by atoms with E-state index in [2.05, 4.69) is 11.9 Å². The lowest BCUT2D eigenvalue weighted by molar-refractivity contribution is -0.0169. The Balaban J connectivity index is 2.07. The summed E-state index contributed by atoms with van der Waals surface area (Å²) in [5, 5.41) is 0. The summed E-state index contributed by atoms with van der Waals surface area (Å²) in [4.78, 5) is 2.34. The van der Waals surface area contributed by atoms with Crippen LogP contribution in [0.5, 0.6) is 0 Å². The molecule has 19 heavy (non-hydrogen) atoms. The maximum Gasteiger partial charge on any atom is 0.118 e. The molecule has 0 spiro atoms. The second-order valence-corrected chi connectivity index (χ2v) is 5.75. The first-order chi connectivity index (χ1) is 9.09. The average Bonchev–Trinajstić information content (AvgIpc) is 2.84. The van der Waals surface area contributed by atoms with Gasteiger partial charge in [0.1, 0.15) is 11.5 Å². The zero-order valence-corrected chi connectivity index (χ0v) is 12.3. The van der Waals surface area contributed by atoms with Crippen molar-refractivity contribution in [1.82, 2.24) is 4.90 Å². The molecule has 1 aliphatic carbocycles. The first-order valence-electron chi connectivity index (χ1n) is 7.09. The Hall–Kier alpha value is -0.840. The zero-order valence-electron chi connectivity index (χ0n) is 12.3. The van der Waals surface area contributed by atoms with E-state index in [1.54, 1.807) is 7.11 Å². The van der Waals surface area contributed by atoms with Gasteiger partial charge in [0.2, 0.25) is 0 Å². The predicted octanol–water partition coefficient (Wildman–Crippen LogP) is 2.31. The van der Waals surface area contributed by atoms with Crippen LogP contribution < -0.4 is 5.73 Å². The fraction of sp³-hybridized carbons (Fsp3) is 0.733. The number of rotatable bonds is 5. The largest absolute Gasteiger partial charge is 0.465 e. The third-order valence-corrected chi connectivity index (χ3v) is 4.49. The maximum atomic E-state index is 6.09. The Bertz CT molecular complexity index is 405. The summed E-state index contributed by atoms with van der Waals surface area (Å²) >= 11 is 0. The summed E-state index contributed by atoms with van der Waals surface area (Å²) < 4.78 is 11.2. The lowest BCUT2D eigenvalue weighted by Crippen LogP contribution is -2.55. The Morgan fingerprint density at radius 3 is 2.89 bits per heavy atom. The molecular weight excluding hydrogens is 240 g/mol. The molecule has 0 radical (unpaired) electrons. The number of furan rings is 1. The molecule has 2 N–H and O–H groups in total. The molecule has 0 aromatic carbocycles. The monoisotopic (exact) mass is 266 g/mol. The van der Waals surface area contributed by atoms with E-state index in [4.69, 9.17) is 14.9 Å². The van der Waals surface area contributed by atoms with Crippen molar-refractivity contribution in [3.8, 4) is 0 Å². The molecular formula is C15H26N2O2. The third kappa shape index (κ3) is 3.19. The van der Waals surface area contributed by atoms with Gasteiger partial charge >= 0.3 is 0 Å². The second-order valence-electron chi connectivity index (χ2n) is 5.75. The zero-order chi connectivity index (χ0) is 13.9. The molecule has 0 saturated heterocycles. The summed E-state index contributed by atoms with van der Waals surface area (Å²) in [6.45, 7) is 3.45.